The summed E-state index contributed by atoms with van der Waals surface area (Å²) in [5.74, 6) is 0.393. The monoisotopic (exact) mass is 348 g/mol. The number of ether oxygens (including phenoxy) is 2. The Morgan fingerprint density at radius 3 is 2.28 bits per heavy atom. The van der Waals surface area contributed by atoms with Crippen LogP contribution in [-0.2, 0) is 11.2 Å². The molecule has 0 heterocycles. The summed E-state index contributed by atoms with van der Waals surface area (Å²) in [5.41, 5.74) is 1.66. The fourth-order valence-corrected chi connectivity index (χ4v) is 2.69. The van der Waals surface area contributed by atoms with Crippen molar-refractivity contribution >= 4 is 16.9 Å². The third kappa shape index (κ3) is 5.18. The van der Waals surface area contributed by atoms with Gasteiger partial charge in [0.1, 0.15) is 11.6 Å². The molecule has 0 unspecified atom stereocenters. The van der Waals surface area contributed by atoms with Gasteiger partial charge in [0.05, 0.1) is 6.10 Å². The van der Waals surface area contributed by atoms with E-state index in [1.807, 2.05) is 34.6 Å². The van der Waals surface area contributed by atoms with Crippen molar-refractivity contribution in [2.45, 2.75) is 66.9 Å². The number of benzene rings is 2. The van der Waals surface area contributed by atoms with Gasteiger partial charge >= 0.3 is 6.16 Å². The van der Waals surface area contributed by atoms with Crippen molar-refractivity contribution in [1.29, 1.82) is 0 Å². The summed E-state index contributed by atoms with van der Waals surface area (Å²) in [4.78, 5) is 11.7. The first-order valence-corrected chi connectivity index (χ1v) is 8.97. The molecule has 2 rings (SSSR count). The molecule has 0 aliphatic heterocycles. The zero-order chi connectivity index (χ0) is 19.1. The van der Waals surface area contributed by atoms with Gasteiger partial charge < -0.3 is 9.47 Å². The maximum Gasteiger partial charge on any atom is 0.514 e. The highest BCUT2D eigenvalue weighted by Crippen LogP contribution is 2.34. The van der Waals surface area contributed by atoms with E-state index in [0.717, 1.165) is 16.3 Å². The van der Waals surface area contributed by atoms with Crippen molar-refractivity contribution < 1.29 is 18.7 Å². The molecule has 0 saturated heterocycles. The van der Waals surface area contributed by atoms with Gasteiger partial charge in [0.25, 0.3) is 0 Å². The molecule has 25 heavy (non-hydrogen) atoms. The second-order valence-corrected chi connectivity index (χ2v) is 6.16. The van der Waals surface area contributed by atoms with E-state index in [0.29, 0.717) is 17.7 Å². The molecular weight excluding hydrogens is 319 g/mol. The Hall–Kier alpha value is -2.10. The van der Waals surface area contributed by atoms with Gasteiger partial charge in [-0.25, -0.2) is 9.18 Å². The topological polar surface area (TPSA) is 35.5 Å². The van der Waals surface area contributed by atoms with Crippen molar-refractivity contribution in [3.8, 4) is 5.75 Å². The van der Waals surface area contributed by atoms with E-state index in [2.05, 4.69) is 0 Å². The van der Waals surface area contributed by atoms with Crippen LogP contribution >= 0.6 is 0 Å². The molecule has 0 spiro atoms. The summed E-state index contributed by atoms with van der Waals surface area (Å²) in [6.07, 6.45) is -0.362. The summed E-state index contributed by atoms with van der Waals surface area (Å²) in [6.45, 7) is 13.5. The van der Waals surface area contributed by atoms with Gasteiger partial charge in [-0.3, -0.25) is 0 Å². The van der Waals surface area contributed by atoms with E-state index in [1.54, 1.807) is 32.0 Å². The van der Waals surface area contributed by atoms with Gasteiger partial charge in [-0.1, -0.05) is 40.7 Å². The number of hydrogen-bond acceptors (Lipinski definition) is 3. The van der Waals surface area contributed by atoms with Gasteiger partial charge in [0, 0.05) is 0 Å². The molecule has 2 aromatic carbocycles. The zero-order valence-corrected chi connectivity index (χ0v) is 16.3. The van der Waals surface area contributed by atoms with E-state index in [1.165, 1.54) is 6.07 Å². The predicted molar refractivity (Wildman–Crippen MR) is 101 cm³/mol. The Balaban J connectivity index is 0.00000151. The molecule has 0 aliphatic carbocycles. The Kier molecular flexibility index (Phi) is 7.88. The number of fused-ring (bicyclic) bond motifs is 1. The number of carbonyl (C=O) groups is 1. The fraction of sp³-hybridized carbons (Fsp3) is 0.476. The van der Waals surface area contributed by atoms with E-state index < -0.39 is 6.16 Å². The highest BCUT2D eigenvalue weighted by atomic mass is 19.1. The molecule has 0 bridgehead atoms. The molecule has 138 valence electrons. The van der Waals surface area contributed by atoms with Crippen molar-refractivity contribution in [2.24, 2.45) is 0 Å². The van der Waals surface area contributed by atoms with E-state index in [4.69, 9.17) is 9.47 Å². The third-order valence-electron chi connectivity index (χ3n) is 3.68. The second-order valence-electron chi connectivity index (χ2n) is 6.16. The lowest BCUT2D eigenvalue weighted by atomic mass is 9.91. The van der Waals surface area contributed by atoms with Crippen LogP contribution in [0.4, 0.5) is 9.18 Å². The maximum absolute atomic E-state index is 14.1. The Morgan fingerprint density at radius 2 is 1.76 bits per heavy atom. The Labute approximate surface area is 150 Å². The maximum atomic E-state index is 14.1. The minimum Gasteiger partial charge on any atom is -0.431 e. The molecule has 0 saturated carbocycles. The molecule has 2 aromatic rings. The first-order chi connectivity index (χ1) is 11.8. The van der Waals surface area contributed by atoms with Crippen LogP contribution < -0.4 is 4.74 Å². The molecule has 0 amide bonds. The van der Waals surface area contributed by atoms with Crippen LogP contribution in [0.2, 0.25) is 0 Å². The van der Waals surface area contributed by atoms with Crippen molar-refractivity contribution in [3.63, 3.8) is 0 Å². The average Bonchev–Trinajstić information content (AvgIpc) is 2.55. The third-order valence-corrected chi connectivity index (χ3v) is 3.68. The van der Waals surface area contributed by atoms with Gasteiger partial charge in [0.15, 0.2) is 0 Å². The number of halogens is 1. The molecule has 0 atom stereocenters. The Morgan fingerprint density at radius 1 is 1.12 bits per heavy atom. The van der Waals surface area contributed by atoms with Crippen LogP contribution in [0.15, 0.2) is 24.3 Å². The number of hydrogen-bond donors (Lipinski definition) is 0. The van der Waals surface area contributed by atoms with E-state index in [9.17, 15) is 9.18 Å². The summed E-state index contributed by atoms with van der Waals surface area (Å²) >= 11 is 0. The number of aryl methyl sites for hydroxylation is 1. The van der Waals surface area contributed by atoms with Gasteiger partial charge in [-0.15, -0.1) is 0 Å². The minimum atomic E-state index is -0.730. The van der Waals surface area contributed by atoms with Gasteiger partial charge in [-0.05, 0) is 66.3 Å². The predicted octanol–water partition coefficient (Wildman–Crippen LogP) is 6.61. The molecule has 0 N–H and O–H groups in total. The molecule has 4 heteroatoms. The van der Waals surface area contributed by atoms with Crippen molar-refractivity contribution in [2.75, 3.05) is 0 Å². The van der Waals surface area contributed by atoms with Gasteiger partial charge in [-0.2, -0.15) is 0 Å². The Bertz CT molecular complexity index is 721. The highest BCUT2D eigenvalue weighted by molar-refractivity contribution is 5.91. The molecular formula is C21H29FO3. The van der Waals surface area contributed by atoms with Crippen LogP contribution in [0.5, 0.6) is 5.75 Å². The van der Waals surface area contributed by atoms with Crippen LogP contribution in [0.3, 0.4) is 0 Å². The first-order valence-electron chi connectivity index (χ1n) is 8.97. The zero-order valence-electron chi connectivity index (χ0n) is 16.3. The van der Waals surface area contributed by atoms with Crippen LogP contribution in [0.1, 0.15) is 65.5 Å². The van der Waals surface area contributed by atoms with Gasteiger partial charge in [0.2, 0.25) is 0 Å². The number of rotatable bonds is 4. The lowest BCUT2D eigenvalue weighted by Gasteiger charge is -2.16. The minimum absolute atomic E-state index is 0.175. The molecule has 0 fully saturated rings. The normalized spacial score (nSPS) is 10.6. The lowest BCUT2D eigenvalue weighted by Crippen LogP contribution is -2.15. The molecule has 0 aliphatic rings. The largest absolute Gasteiger partial charge is 0.514 e. The fourth-order valence-electron chi connectivity index (χ4n) is 2.69. The first kappa shape index (κ1) is 20.9. The molecule has 0 aromatic heterocycles. The standard InChI is InChI=1S/C19H23FO3.C2H6/c1-6-15-17(20)8-7-13-9-14(23-19(21)22-12(4)5)10-16(11(2)3)18(13)15;1-2/h7-12H,6H2,1-5H3;1-2H3. The van der Waals surface area contributed by atoms with Crippen molar-refractivity contribution in [1.82, 2.24) is 0 Å². The second kappa shape index (κ2) is 9.40. The molecule has 3 nitrogen and oxygen atoms in total. The van der Waals surface area contributed by atoms with Crippen molar-refractivity contribution in [3.05, 3.63) is 41.2 Å². The van der Waals surface area contributed by atoms with Crippen LogP contribution in [-0.4, -0.2) is 12.3 Å². The SMILES string of the molecule is CC.CCc1c(F)ccc2cc(OC(=O)OC(C)C)cc(C(C)C)c12. The highest BCUT2D eigenvalue weighted by Gasteiger charge is 2.16. The summed E-state index contributed by atoms with van der Waals surface area (Å²) in [5, 5.41) is 1.77. The average molecular weight is 348 g/mol. The lowest BCUT2D eigenvalue weighted by molar-refractivity contribution is 0.0729. The number of carbonyl (C=O) groups excluding carboxylic acids is 1. The van der Waals surface area contributed by atoms with E-state index in [-0.39, 0.29) is 17.8 Å². The quantitative estimate of drug-likeness (QED) is 0.460. The van der Waals surface area contributed by atoms with E-state index >= 15 is 0 Å². The summed E-state index contributed by atoms with van der Waals surface area (Å²) in [7, 11) is 0. The van der Waals surface area contributed by atoms with Crippen LogP contribution in [0, 0.1) is 5.82 Å². The summed E-state index contributed by atoms with van der Waals surface area (Å²) < 4.78 is 24.4. The smallest absolute Gasteiger partial charge is 0.431 e. The van der Waals surface area contributed by atoms with Crippen LogP contribution in [0.25, 0.3) is 10.8 Å². The summed E-state index contributed by atoms with van der Waals surface area (Å²) in [6, 6.07) is 6.73. The molecule has 0 radical (unpaired) electrons.